The molecule has 0 saturated heterocycles. The Hall–Kier alpha value is -3.20. The molecule has 0 fully saturated rings. The van der Waals surface area contributed by atoms with Crippen molar-refractivity contribution in [2.45, 2.75) is 26.4 Å². The first kappa shape index (κ1) is 19.6. The van der Waals surface area contributed by atoms with Gasteiger partial charge in [0.25, 0.3) is 5.91 Å². The number of furan rings is 1. The first-order chi connectivity index (χ1) is 13.2. The Morgan fingerprint density at radius 1 is 1.18 bits per heavy atom. The minimum atomic E-state index is -0.719. The van der Waals surface area contributed by atoms with Crippen LogP contribution in [-0.2, 0) is 4.74 Å². The van der Waals surface area contributed by atoms with Gasteiger partial charge in [-0.3, -0.25) is 10.1 Å². The van der Waals surface area contributed by atoms with E-state index in [0.29, 0.717) is 10.8 Å². The van der Waals surface area contributed by atoms with Gasteiger partial charge in [-0.2, -0.15) is 0 Å². The van der Waals surface area contributed by atoms with Crippen LogP contribution in [-0.4, -0.2) is 22.6 Å². The topological polar surface area (TPSA) is 93.5 Å². The number of carbonyl (C=O) groups excluding carboxylic acids is 2. The number of benzene rings is 1. The number of nitrogens with zero attached hydrogens (tertiary/aromatic N) is 1. The summed E-state index contributed by atoms with van der Waals surface area (Å²) in [6.07, 6.45) is 0.793. The average molecular weight is 403 g/mol. The number of carbonyl (C=O) groups is 2. The second-order valence-electron chi connectivity index (χ2n) is 6.79. The molecule has 3 rings (SSSR count). The van der Waals surface area contributed by atoms with E-state index in [-0.39, 0.29) is 17.1 Å². The van der Waals surface area contributed by atoms with Crippen molar-refractivity contribution in [2.75, 3.05) is 10.6 Å². The Kier molecular flexibility index (Phi) is 5.46. The van der Waals surface area contributed by atoms with E-state index in [9.17, 15) is 14.0 Å². The van der Waals surface area contributed by atoms with E-state index in [0.717, 1.165) is 6.07 Å². The minimum Gasteiger partial charge on any atom is -0.462 e. The maximum Gasteiger partial charge on any atom is 0.412 e. The van der Waals surface area contributed by atoms with Crippen LogP contribution in [0.2, 0.25) is 0 Å². The van der Waals surface area contributed by atoms with Gasteiger partial charge in [-0.05, 0) is 51.1 Å². The fraction of sp³-hybridized carbons (Fsp3) is 0.211. The third-order valence-corrected chi connectivity index (χ3v) is 4.19. The van der Waals surface area contributed by atoms with Gasteiger partial charge in [0, 0.05) is 5.38 Å². The van der Waals surface area contributed by atoms with Crippen molar-refractivity contribution >= 4 is 34.7 Å². The molecular formula is C19H18FN3O4S. The van der Waals surface area contributed by atoms with Crippen LogP contribution in [0, 0.1) is 5.82 Å². The molecule has 0 radical (unpaired) electrons. The molecule has 2 N–H and O–H groups in total. The normalized spacial score (nSPS) is 11.1. The summed E-state index contributed by atoms with van der Waals surface area (Å²) in [5.41, 5.74) is -0.270. The van der Waals surface area contributed by atoms with Gasteiger partial charge in [-0.1, -0.05) is 0 Å². The van der Waals surface area contributed by atoms with Crippen LogP contribution in [0.4, 0.5) is 20.6 Å². The number of ether oxygens (including phenoxy) is 1. The highest BCUT2D eigenvalue weighted by atomic mass is 32.1. The van der Waals surface area contributed by atoms with Crippen LogP contribution >= 0.6 is 11.3 Å². The smallest absolute Gasteiger partial charge is 0.412 e. The molecule has 0 spiro atoms. The molecular weight excluding hydrogens is 385 g/mol. The molecule has 146 valence electrons. The third-order valence-electron chi connectivity index (χ3n) is 3.33. The predicted octanol–water partition coefficient (Wildman–Crippen LogP) is 5.14. The van der Waals surface area contributed by atoms with E-state index in [1.165, 1.54) is 29.7 Å². The highest BCUT2D eigenvalue weighted by Gasteiger charge is 2.19. The largest absolute Gasteiger partial charge is 0.462 e. The summed E-state index contributed by atoms with van der Waals surface area (Å²) in [5, 5.41) is 7.17. The van der Waals surface area contributed by atoms with Crippen LogP contribution in [0.25, 0.3) is 10.8 Å². The zero-order valence-electron chi connectivity index (χ0n) is 15.4. The van der Waals surface area contributed by atoms with Gasteiger partial charge in [0.1, 0.15) is 17.1 Å². The van der Waals surface area contributed by atoms with E-state index < -0.39 is 23.4 Å². The number of hydrogen-bond donors (Lipinski definition) is 2. The fourth-order valence-electron chi connectivity index (χ4n) is 2.22. The van der Waals surface area contributed by atoms with Gasteiger partial charge in [0.15, 0.2) is 10.8 Å². The molecule has 0 unspecified atom stereocenters. The quantitative estimate of drug-likeness (QED) is 0.629. The summed E-state index contributed by atoms with van der Waals surface area (Å²) in [5.74, 6) is -0.575. The fourth-order valence-corrected chi connectivity index (χ4v) is 2.99. The number of rotatable bonds is 4. The van der Waals surface area contributed by atoms with Gasteiger partial charge >= 0.3 is 6.09 Å². The average Bonchev–Trinajstić information content (AvgIpc) is 3.26. The number of nitrogens with one attached hydrogen (secondary N) is 2. The lowest BCUT2D eigenvalue weighted by Crippen LogP contribution is -2.27. The summed E-state index contributed by atoms with van der Waals surface area (Å²) in [6, 6.07) is 7.06. The summed E-state index contributed by atoms with van der Waals surface area (Å²) >= 11 is 1.24. The lowest BCUT2D eigenvalue weighted by Gasteiger charge is -2.20. The molecule has 0 aliphatic rings. The molecule has 0 aliphatic heterocycles. The Morgan fingerprint density at radius 2 is 1.96 bits per heavy atom. The van der Waals surface area contributed by atoms with Crippen molar-refractivity contribution in [3.05, 3.63) is 53.5 Å². The molecule has 3 aromatic rings. The summed E-state index contributed by atoms with van der Waals surface area (Å²) < 4.78 is 24.1. The zero-order chi connectivity index (χ0) is 20.3. The molecule has 0 aliphatic carbocycles. The van der Waals surface area contributed by atoms with Crippen molar-refractivity contribution in [3.8, 4) is 10.8 Å². The Balaban J connectivity index is 1.77. The van der Waals surface area contributed by atoms with Gasteiger partial charge in [0.05, 0.1) is 17.6 Å². The molecule has 2 heterocycles. The Labute approximate surface area is 164 Å². The van der Waals surface area contributed by atoms with E-state index in [1.54, 1.807) is 38.3 Å². The molecule has 0 bridgehead atoms. The van der Waals surface area contributed by atoms with E-state index in [2.05, 4.69) is 15.6 Å². The highest BCUT2D eigenvalue weighted by molar-refractivity contribution is 7.13. The van der Waals surface area contributed by atoms with Crippen LogP contribution in [0.1, 0.15) is 31.3 Å². The van der Waals surface area contributed by atoms with Crippen LogP contribution < -0.4 is 10.6 Å². The van der Waals surface area contributed by atoms with Crippen molar-refractivity contribution in [1.29, 1.82) is 0 Å². The molecule has 0 atom stereocenters. The number of amides is 2. The zero-order valence-corrected chi connectivity index (χ0v) is 16.2. The molecule has 7 nitrogen and oxygen atoms in total. The van der Waals surface area contributed by atoms with Crippen molar-refractivity contribution < 1.29 is 23.1 Å². The molecule has 9 heteroatoms. The van der Waals surface area contributed by atoms with Crippen molar-refractivity contribution in [3.63, 3.8) is 0 Å². The molecule has 0 saturated carbocycles. The van der Waals surface area contributed by atoms with E-state index in [4.69, 9.17) is 9.15 Å². The van der Waals surface area contributed by atoms with Gasteiger partial charge in [-0.25, -0.2) is 14.2 Å². The third kappa shape index (κ3) is 4.95. The maximum atomic E-state index is 13.7. The lowest BCUT2D eigenvalue weighted by atomic mass is 10.2. The summed E-state index contributed by atoms with van der Waals surface area (Å²) in [7, 11) is 0. The van der Waals surface area contributed by atoms with Gasteiger partial charge < -0.3 is 14.5 Å². The summed E-state index contributed by atoms with van der Waals surface area (Å²) in [6.45, 7) is 5.16. The minimum absolute atomic E-state index is 0.0865. The van der Waals surface area contributed by atoms with Gasteiger partial charge in [-0.15, -0.1) is 11.3 Å². The first-order valence-corrected chi connectivity index (χ1v) is 9.19. The first-order valence-electron chi connectivity index (χ1n) is 8.31. The predicted molar refractivity (Wildman–Crippen MR) is 104 cm³/mol. The Bertz CT molecular complexity index is 993. The van der Waals surface area contributed by atoms with Crippen LogP contribution in [0.5, 0.6) is 0 Å². The maximum absolute atomic E-state index is 13.7. The Morgan fingerprint density at radius 3 is 2.64 bits per heavy atom. The molecule has 28 heavy (non-hydrogen) atoms. The number of anilines is 2. The molecule has 1 aromatic carbocycles. The number of halogens is 1. The van der Waals surface area contributed by atoms with Gasteiger partial charge in [0.2, 0.25) is 0 Å². The standard InChI is InChI=1S/C19H18FN3O4S/c1-19(2,3)27-18(25)23-12-7-6-11(20)9-13(12)21-16(24)14-10-28-17(22-14)15-5-4-8-26-15/h4-10H,1-3H3,(H,21,24)(H,23,25). The highest BCUT2D eigenvalue weighted by Crippen LogP contribution is 2.27. The summed E-state index contributed by atoms with van der Waals surface area (Å²) in [4.78, 5) is 28.7. The van der Waals surface area contributed by atoms with E-state index >= 15 is 0 Å². The molecule has 2 aromatic heterocycles. The van der Waals surface area contributed by atoms with Crippen LogP contribution in [0.3, 0.4) is 0 Å². The van der Waals surface area contributed by atoms with E-state index in [1.807, 2.05) is 0 Å². The SMILES string of the molecule is CC(C)(C)OC(=O)Nc1ccc(F)cc1NC(=O)c1csc(-c2ccco2)n1. The second-order valence-corrected chi connectivity index (χ2v) is 7.64. The number of thiazole rings is 1. The van der Waals surface area contributed by atoms with Crippen molar-refractivity contribution in [2.24, 2.45) is 0 Å². The number of hydrogen-bond acceptors (Lipinski definition) is 6. The second kappa shape index (κ2) is 7.81. The van der Waals surface area contributed by atoms with Crippen molar-refractivity contribution in [1.82, 2.24) is 4.98 Å². The lowest BCUT2D eigenvalue weighted by molar-refractivity contribution is 0.0635. The molecule has 2 amide bonds. The number of aromatic nitrogens is 1. The van der Waals surface area contributed by atoms with Crippen LogP contribution in [0.15, 0.2) is 46.4 Å². The monoisotopic (exact) mass is 403 g/mol.